The Morgan fingerprint density at radius 1 is 1.21 bits per heavy atom. The zero-order valence-electron chi connectivity index (χ0n) is 14.9. The molecule has 3 N–H and O–H groups in total. The fourth-order valence-corrected chi connectivity index (χ4v) is 2.19. The van der Waals surface area contributed by atoms with Gasteiger partial charge in [0.05, 0.1) is 11.6 Å². The Morgan fingerprint density at radius 2 is 1.92 bits per heavy atom. The number of hydrogen-bond acceptors (Lipinski definition) is 4. The summed E-state index contributed by atoms with van der Waals surface area (Å²) in [5.41, 5.74) is 7.21. The normalized spacial score (nSPS) is 11.4. The average Bonchev–Trinajstić information content (AvgIpc) is 2.60. The predicted molar refractivity (Wildman–Crippen MR) is 99.2 cm³/mol. The molecule has 0 aliphatic heterocycles. The molecule has 1 unspecified atom stereocenters. The van der Waals surface area contributed by atoms with Crippen molar-refractivity contribution in [3.8, 4) is 0 Å². The van der Waals surface area contributed by atoms with E-state index in [0.717, 1.165) is 23.7 Å². The lowest BCUT2D eigenvalue weighted by Gasteiger charge is -2.11. The number of rotatable bonds is 6. The molecule has 2 rings (SSSR count). The number of ketones is 1. The molecule has 5 nitrogen and oxygen atoms in total. The van der Waals surface area contributed by atoms with Gasteiger partial charge in [-0.1, -0.05) is 33.6 Å². The number of nitrogens with zero attached hydrogens (tertiary/aromatic N) is 1. The number of benzene rings is 1. The summed E-state index contributed by atoms with van der Waals surface area (Å²) in [5.74, 6) is 0.266. The topological polar surface area (TPSA) is 85.1 Å². The zero-order valence-corrected chi connectivity index (χ0v) is 14.9. The minimum absolute atomic E-state index is 0.0150. The van der Waals surface area contributed by atoms with Crippen LogP contribution in [0.2, 0.25) is 0 Å². The third-order valence-corrected chi connectivity index (χ3v) is 3.55. The Labute approximate surface area is 143 Å². The lowest BCUT2D eigenvalue weighted by molar-refractivity contribution is -0.117. The van der Waals surface area contributed by atoms with Crippen molar-refractivity contribution < 1.29 is 9.59 Å². The van der Waals surface area contributed by atoms with Crippen LogP contribution < -0.4 is 11.1 Å². The van der Waals surface area contributed by atoms with Crippen molar-refractivity contribution in [1.29, 1.82) is 0 Å². The van der Waals surface area contributed by atoms with Gasteiger partial charge < -0.3 is 11.1 Å². The third-order valence-electron chi connectivity index (χ3n) is 3.55. The Kier molecular flexibility index (Phi) is 8.06. The van der Waals surface area contributed by atoms with E-state index in [1.807, 2.05) is 19.9 Å². The molecule has 0 radical (unpaired) electrons. The summed E-state index contributed by atoms with van der Waals surface area (Å²) in [4.78, 5) is 27.7. The summed E-state index contributed by atoms with van der Waals surface area (Å²) < 4.78 is 0. The molecule has 0 bridgehead atoms. The van der Waals surface area contributed by atoms with Crippen molar-refractivity contribution >= 4 is 28.4 Å². The predicted octanol–water partition coefficient (Wildman–Crippen LogP) is 3.92. The van der Waals surface area contributed by atoms with E-state index >= 15 is 0 Å². The minimum atomic E-state index is -0.516. The van der Waals surface area contributed by atoms with E-state index in [4.69, 9.17) is 5.73 Å². The number of amides is 1. The maximum atomic E-state index is 12.0. The molecule has 1 atom stereocenters. The Hall–Kier alpha value is -2.27. The molecule has 0 spiro atoms. The molecule has 1 aromatic carbocycles. The largest absolute Gasteiger partial charge is 0.320 e. The van der Waals surface area contributed by atoms with Crippen molar-refractivity contribution in [2.24, 2.45) is 5.73 Å². The Morgan fingerprint density at radius 3 is 2.54 bits per heavy atom. The van der Waals surface area contributed by atoms with Crippen molar-refractivity contribution in [2.75, 3.05) is 5.32 Å². The fourth-order valence-electron chi connectivity index (χ4n) is 2.19. The highest BCUT2D eigenvalue weighted by molar-refractivity contribution is 5.99. The van der Waals surface area contributed by atoms with Crippen LogP contribution in [0.1, 0.15) is 57.3 Å². The summed E-state index contributed by atoms with van der Waals surface area (Å²) >= 11 is 0. The lowest BCUT2D eigenvalue weighted by Crippen LogP contribution is -2.35. The van der Waals surface area contributed by atoms with E-state index in [1.54, 1.807) is 24.3 Å². The lowest BCUT2D eigenvalue weighted by atomic mass is 10.1. The minimum Gasteiger partial charge on any atom is -0.320 e. The first-order valence-corrected chi connectivity index (χ1v) is 8.49. The molecule has 1 heterocycles. The smallest absolute Gasteiger partial charge is 0.242 e. The van der Waals surface area contributed by atoms with Gasteiger partial charge in [0.25, 0.3) is 0 Å². The molecule has 1 aromatic heterocycles. The number of nitrogens with one attached hydrogen (secondary N) is 1. The monoisotopic (exact) mass is 329 g/mol. The van der Waals surface area contributed by atoms with Crippen molar-refractivity contribution in [1.82, 2.24) is 4.98 Å². The average molecular weight is 329 g/mol. The molecule has 24 heavy (non-hydrogen) atoms. The van der Waals surface area contributed by atoms with E-state index < -0.39 is 6.04 Å². The second-order valence-corrected chi connectivity index (χ2v) is 5.40. The van der Waals surface area contributed by atoms with E-state index in [1.165, 1.54) is 6.92 Å². The van der Waals surface area contributed by atoms with Crippen molar-refractivity contribution in [2.45, 2.75) is 53.0 Å². The van der Waals surface area contributed by atoms with E-state index in [2.05, 4.69) is 17.2 Å². The van der Waals surface area contributed by atoms with Crippen LogP contribution in [0, 0.1) is 0 Å². The zero-order chi connectivity index (χ0) is 18.1. The second kappa shape index (κ2) is 9.78. The number of carbonyl (C=O) groups is 2. The van der Waals surface area contributed by atoms with Gasteiger partial charge in [-0.3, -0.25) is 9.59 Å². The number of anilines is 1. The first-order chi connectivity index (χ1) is 11.5. The second-order valence-electron chi connectivity index (χ2n) is 5.40. The molecule has 5 heteroatoms. The molecule has 0 saturated heterocycles. The van der Waals surface area contributed by atoms with Crippen LogP contribution in [0.5, 0.6) is 0 Å². The first-order valence-electron chi connectivity index (χ1n) is 8.49. The van der Waals surface area contributed by atoms with Gasteiger partial charge in [-0.15, -0.1) is 0 Å². The summed E-state index contributed by atoms with van der Waals surface area (Å²) in [5, 5.41) is 3.60. The third kappa shape index (κ3) is 5.42. The quantitative estimate of drug-likeness (QED) is 0.787. The van der Waals surface area contributed by atoms with Gasteiger partial charge in [-0.05, 0) is 43.7 Å². The first kappa shape index (κ1) is 19.8. The number of fused-ring (bicyclic) bond motifs is 1. The number of pyridine rings is 1. The molecule has 2 aromatic rings. The van der Waals surface area contributed by atoms with Crippen LogP contribution in [0.3, 0.4) is 0 Å². The highest BCUT2D eigenvalue weighted by Gasteiger charge is 2.13. The highest BCUT2D eigenvalue weighted by atomic mass is 16.2. The number of Topliss-reactive ketones (excluding diaryl/α,β-unsaturated/α-hetero) is 1. The molecule has 0 aliphatic rings. The van der Waals surface area contributed by atoms with Gasteiger partial charge in [-0.25, -0.2) is 4.98 Å². The van der Waals surface area contributed by atoms with Gasteiger partial charge in [0.15, 0.2) is 5.78 Å². The van der Waals surface area contributed by atoms with Crippen molar-refractivity contribution in [3.63, 3.8) is 0 Å². The summed E-state index contributed by atoms with van der Waals surface area (Å²) in [6.07, 6.45) is 2.60. The standard InChI is InChI=1S/C17H21N3O2.C2H6/c1-3-4-5-14(18)17(22)20-16-9-7-13-10-12(11(2)21)6-8-15(13)19-16;1-2/h6-10,14H,3-5,18H2,1-2H3,(H,19,20,22);1-2H3. The number of unbranched alkanes of at least 4 members (excludes halogenated alkanes) is 1. The van der Waals surface area contributed by atoms with Crippen LogP contribution in [-0.4, -0.2) is 22.7 Å². The molecule has 0 aliphatic carbocycles. The van der Waals surface area contributed by atoms with Crippen LogP contribution >= 0.6 is 0 Å². The number of aromatic nitrogens is 1. The van der Waals surface area contributed by atoms with E-state index in [-0.39, 0.29) is 11.7 Å². The Balaban J connectivity index is 0.00000139. The number of carbonyl (C=O) groups excluding carboxylic acids is 2. The van der Waals surface area contributed by atoms with Gasteiger partial charge in [0, 0.05) is 10.9 Å². The van der Waals surface area contributed by atoms with Gasteiger partial charge in [0.1, 0.15) is 5.82 Å². The maximum Gasteiger partial charge on any atom is 0.242 e. The number of nitrogens with two attached hydrogens (primary N) is 1. The number of hydrogen-bond donors (Lipinski definition) is 2. The van der Waals surface area contributed by atoms with Gasteiger partial charge >= 0.3 is 0 Å². The molecule has 130 valence electrons. The van der Waals surface area contributed by atoms with Crippen LogP contribution in [0.4, 0.5) is 5.82 Å². The molecular formula is C19H27N3O2. The SMILES string of the molecule is CC.CCCCC(N)C(=O)Nc1ccc2cc(C(C)=O)ccc2n1. The van der Waals surface area contributed by atoms with Crippen molar-refractivity contribution in [3.05, 3.63) is 35.9 Å². The highest BCUT2D eigenvalue weighted by Crippen LogP contribution is 2.17. The van der Waals surface area contributed by atoms with Crippen LogP contribution in [-0.2, 0) is 4.79 Å². The van der Waals surface area contributed by atoms with Crippen LogP contribution in [0.25, 0.3) is 10.9 Å². The Bertz CT molecular complexity index is 698. The summed E-state index contributed by atoms with van der Waals surface area (Å²) in [6.45, 7) is 7.59. The van der Waals surface area contributed by atoms with Gasteiger partial charge in [0.2, 0.25) is 5.91 Å². The molecule has 0 fully saturated rings. The molecule has 0 saturated carbocycles. The van der Waals surface area contributed by atoms with E-state index in [9.17, 15) is 9.59 Å². The summed E-state index contributed by atoms with van der Waals surface area (Å²) in [6, 6.07) is 8.34. The fraction of sp³-hybridized carbons (Fsp3) is 0.421. The maximum absolute atomic E-state index is 12.0. The summed E-state index contributed by atoms with van der Waals surface area (Å²) in [7, 11) is 0. The molecular weight excluding hydrogens is 302 g/mol. The molecule has 1 amide bonds. The van der Waals surface area contributed by atoms with Crippen LogP contribution in [0.15, 0.2) is 30.3 Å². The van der Waals surface area contributed by atoms with Gasteiger partial charge in [-0.2, -0.15) is 0 Å². The van der Waals surface area contributed by atoms with E-state index in [0.29, 0.717) is 17.8 Å².